The van der Waals surface area contributed by atoms with Crippen LogP contribution >= 0.6 is 35.1 Å². The van der Waals surface area contributed by atoms with Crippen molar-refractivity contribution in [2.24, 2.45) is 0 Å². The van der Waals surface area contributed by atoms with Crippen molar-refractivity contribution in [2.75, 3.05) is 11.5 Å². The molecule has 21 heavy (non-hydrogen) atoms. The summed E-state index contributed by atoms with van der Waals surface area (Å²) >= 11 is 8.89. The number of nitrogen functional groups attached to an aromatic ring is 1. The lowest BCUT2D eigenvalue weighted by molar-refractivity contribution is 0.891. The van der Waals surface area contributed by atoms with Crippen molar-refractivity contribution in [3.63, 3.8) is 0 Å². The number of nitrogens with two attached hydrogens (primary N) is 1. The van der Waals surface area contributed by atoms with E-state index in [-0.39, 0.29) is 5.95 Å². The second kappa shape index (κ2) is 6.04. The molecule has 0 fully saturated rings. The number of rotatable bonds is 4. The van der Waals surface area contributed by atoms with Crippen LogP contribution in [0.3, 0.4) is 0 Å². The third kappa shape index (κ3) is 3.20. The molecule has 3 aromatic rings. The van der Waals surface area contributed by atoms with Gasteiger partial charge in [0.05, 0.1) is 6.33 Å². The molecule has 0 aromatic carbocycles. The van der Waals surface area contributed by atoms with Gasteiger partial charge in [0.2, 0.25) is 5.95 Å². The van der Waals surface area contributed by atoms with Crippen LogP contribution in [0.5, 0.6) is 0 Å². The zero-order valence-electron chi connectivity index (χ0n) is 10.9. The summed E-state index contributed by atoms with van der Waals surface area (Å²) in [5.74, 6) is 1.04. The lowest BCUT2D eigenvalue weighted by Crippen LogP contribution is -1.97. The van der Waals surface area contributed by atoms with Crippen molar-refractivity contribution < 1.29 is 0 Å². The minimum absolute atomic E-state index is 0.167. The van der Waals surface area contributed by atoms with Gasteiger partial charge in [-0.15, -0.1) is 0 Å². The predicted octanol–water partition coefficient (Wildman–Crippen LogP) is 2.64. The molecule has 3 aromatic heterocycles. The van der Waals surface area contributed by atoms with Crippen LogP contribution in [0.15, 0.2) is 27.6 Å². The molecule has 10 heteroatoms. The van der Waals surface area contributed by atoms with Crippen molar-refractivity contribution in [1.29, 1.82) is 0 Å². The topological polar surface area (TPSA) is 106 Å². The summed E-state index contributed by atoms with van der Waals surface area (Å²) in [4.78, 5) is 23.9. The summed E-state index contributed by atoms with van der Waals surface area (Å²) in [6, 6.07) is 1.69. The molecule has 3 heterocycles. The Bertz CT molecular complexity index is 791. The first kappa shape index (κ1) is 14.4. The molecule has 0 aliphatic carbocycles. The van der Waals surface area contributed by atoms with Gasteiger partial charge in [-0.2, -0.15) is 4.98 Å². The standard InChI is InChI=1S/C11H10ClN7S2/c1-2-20-11-16-5(12)3-6(17-11)21-9-7-8(15-4-14-7)18-10(13)19-9/h3-4H,2H2,1H3,(H3,13,14,15,18,19). The van der Waals surface area contributed by atoms with Crippen LogP contribution in [0, 0.1) is 0 Å². The number of hydrogen-bond acceptors (Lipinski definition) is 8. The average Bonchev–Trinajstić information content (AvgIpc) is 2.86. The number of H-pyrrole nitrogens is 1. The van der Waals surface area contributed by atoms with E-state index in [1.807, 2.05) is 6.92 Å². The van der Waals surface area contributed by atoms with E-state index in [0.717, 1.165) is 5.75 Å². The number of halogens is 1. The number of aromatic amines is 1. The minimum atomic E-state index is 0.167. The van der Waals surface area contributed by atoms with Crippen molar-refractivity contribution in [3.8, 4) is 0 Å². The number of hydrogen-bond donors (Lipinski definition) is 2. The van der Waals surface area contributed by atoms with E-state index in [9.17, 15) is 0 Å². The Hall–Kier alpha value is -1.58. The molecule has 0 aliphatic heterocycles. The summed E-state index contributed by atoms with van der Waals surface area (Å²) in [6.07, 6.45) is 1.55. The fraction of sp³-hybridized carbons (Fsp3) is 0.182. The van der Waals surface area contributed by atoms with Crippen LogP contribution < -0.4 is 5.73 Å². The third-order valence-electron chi connectivity index (χ3n) is 2.40. The Balaban J connectivity index is 2.00. The molecule has 108 valence electrons. The molecule has 0 amide bonds. The molecule has 0 aliphatic rings. The molecule has 0 atom stereocenters. The van der Waals surface area contributed by atoms with E-state index in [4.69, 9.17) is 17.3 Å². The van der Waals surface area contributed by atoms with Crippen LogP contribution in [0.4, 0.5) is 5.95 Å². The highest BCUT2D eigenvalue weighted by atomic mass is 35.5. The van der Waals surface area contributed by atoms with E-state index in [1.165, 1.54) is 23.5 Å². The smallest absolute Gasteiger partial charge is 0.223 e. The van der Waals surface area contributed by atoms with Gasteiger partial charge in [0.1, 0.15) is 20.7 Å². The first-order valence-corrected chi connectivity index (χ1v) is 8.15. The van der Waals surface area contributed by atoms with Gasteiger partial charge in [0, 0.05) is 6.07 Å². The maximum Gasteiger partial charge on any atom is 0.223 e. The van der Waals surface area contributed by atoms with Crippen LogP contribution in [0.25, 0.3) is 11.2 Å². The maximum atomic E-state index is 6.02. The molecule has 0 unspecified atom stereocenters. The number of aromatic nitrogens is 6. The molecule has 3 rings (SSSR count). The van der Waals surface area contributed by atoms with E-state index in [0.29, 0.717) is 31.5 Å². The van der Waals surface area contributed by atoms with Gasteiger partial charge in [-0.1, -0.05) is 30.3 Å². The number of imidazole rings is 1. The Kier molecular flexibility index (Phi) is 4.13. The first-order chi connectivity index (χ1) is 10.2. The second-order valence-electron chi connectivity index (χ2n) is 3.83. The third-order valence-corrected chi connectivity index (χ3v) is 4.23. The lowest BCUT2D eigenvalue weighted by atomic mass is 10.5. The van der Waals surface area contributed by atoms with Crippen LogP contribution in [0.1, 0.15) is 6.92 Å². The largest absolute Gasteiger partial charge is 0.368 e. The van der Waals surface area contributed by atoms with Crippen molar-refractivity contribution in [3.05, 3.63) is 17.5 Å². The van der Waals surface area contributed by atoms with E-state index in [1.54, 1.807) is 12.4 Å². The van der Waals surface area contributed by atoms with E-state index >= 15 is 0 Å². The van der Waals surface area contributed by atoms with Gasteiger partial charge in [0.25, 0.3) is 0 Å². The molecule has 0 saturated heterocycles. The Morgan fingerprint density at radius 1 is 1.29 bits per heavy atom. The van der Waals surface area contributed by atoms with Crippen molar-refractivity contribution >= 4 is 52.2 Å². The molecule has 7 nitrogen and oxygen atoms in total. The molecule has 0 radical (unpaired) electrons. The number of fused-ring (bicyclic) bond motifs is 1. The number of nitrogens with zero attached hydrogens (tertiary/aromatic N) is 5. The zero-order chi connectivity index (χ0) is 14.8. The summed E-state index contributed by atoms with van der Waals surface area (Å²) in [5, 5.41) is 2.37. The van der Waals surface area contributed by atoms with Crippen LogP contribution in [-0.2, 0) is 0 Å². The van der Waals surface area contributed by atoms with Gasteiger partial charge < -0.3 is 10.7 Å². The maximum absolute atomic E-state index is 6.02. The fourth-order valence-electron chi connectivity index (χ4n) is 1.62. The molecule has 3 N–H and O–H groups in total. The molecular formula is C11H10ClN7S2. The molecule has 0 bridgehead atoms. The molecular weight excluding hydrogens is 330 g/mol. The van der Waals surface area contributed by atoms with Gasteiger partial charge in [0.15, 0.2) is 10.8 Å². The van der Waals surface area contributed by atoms with Crippen LogP contribution in [0.2, 0.25) is 5.15 Å². The van der Waals surface area contributed by atoms with Gasteiger partial charge >= 0.3 is 0 Å². The lowest BCUT2D eigenvalue weighted by Gasteiger charge is -2.04. The Morgan fingerprint density at radius 3 is 2.95 bits per heavy atom. The van der Waals surface area contributed by atoms with Crippen molar-refractivity contribution in [2.45, 2.75) is 22.1 Å². The monoisotopic (exact) mass is 339 g/mol. The van der Waals surface area contributed by atoms with Gasteiger partial charge in [-0.25, -0.2) is 19.9 Å². The van der Waals surface area contributed by atoms with Crippen molar-refractivity contribution in [1.82, 2.24) is 29.9 Å². The highest BCUT2D eigenvalue weighted by Gasteiger charge is 2.12. The number of nitrogens with one attached hydrogen (secondary N) is 1. The first-order valence-electron chi connectivity index (χ1n) is 5.97. The number of thioether (sulfide) groups is 1. The predicted molar refractivity (Wildman–Crippen MR) is 83.7 cm³/mol. The van der Waals surface area contributed by atoms with Crippen LogP contribution in [-0.4, -0.2) is 35.7 Å². The quantitative estimate of drug-likeness (QED) is 0.424. The summed E-state index contributed by atoms with van der Waals surface area (Å²) in [6.45, 7) is 2.03. The normalized spacial score (nSPS) is 11.1. The fourth-order valence-corrected chi connectivity index (χ4v) is 3.45. The highest BCUT2D eigenvalue weighted by Crippen LogP contribution is 2.31. The Labute approximate surface area is 133 Å². The van der Waals surface area contributed by atoms with Gasteiger partial charge in [-0.3, -0.25) is 0 Å². The SMILES string of the molecule is CCSc1nc(Cl)cc(Sc2nc(N)nc3nc[nH]c23)n1. The average molecular weight is 340 g/mol. The Morgan fingerprint density at radius 2 is 2.14 bits per heavy atom. The van der Waals surface area contributed by atoms with E-state index in [2.05, 4.69) is 29.9 Å². The molecule has 0 saturated carbocycles. The zero-order valence-corrected chi connectivity index (χ0v) is 13.3. The van der Waals surface area contributed by atoms with Gasteiger partial charge in [-0.05, 0) is 17.5 Å². The molecule has 0 spiro atoms. The summed E-state index contributed by atoms with van der Waals surface area (Å²) < 4.78 is 0. The number of anilines is 1. The minimum Gasteiger partial charge on any atom is -0.368 e. The summed E-state index contributed by atoms with van der Waals surface area (Å²) in [7, 11) is 0. The second-order valence-corrected chi connectivity index (χ2v) is 6.46. The van der Waals surface area contributed by atoms with E-state index < -0.39 is 0 Å². The summed E-state index contributed by atoms with van der Waals surface area (Å²) in [5.41, 5.74) is 6.93. The highest BCUT2D eigenvalue weighted by molar-refractivity contribution is 7.99.